The van der Waals surface area contributed by atoms with Gasteiger partial charge in [-0.1, -0.05) is 6.07 Å². The number of fused-ring (bicyclic) bond motifs is 1. The van der Waals surface area contributed by atoms with Gasteiger partial charge in [-0.3, -0.25) is 4.79 Å². The van der Waals surface area contributed by atoms with Gasteiger partial charge < -0.3 is 15.4 Å². The molecule has 2 fully saturated rings. The van der Waals surface area contributed by atoms with Crippen molar-refractivity contribution in [2.45, 2.75) is 18.9 Å². The SMILES string of the molecule is COc1cccc(C(=O)N2CC3CCC(N)C3C2)c1.Cl. The summed E-state index contributed by atoms with van der Waals surface area (Å²) in [7, 11) is 1.61. The van der Waals surface area contributed by atoms with Crippen LogP contribution in [0.5, 0.6) is 5.75 Å². The van der Waals surface area contributed by atoms with Crippen LogP contribution in [0, 0.1) is 11.8 Å². The summed E-state index contributed by atoms with van der Waals surface area (Å²) in [5, 5.41) is 0. The molecule has 1 aliphatic heterocycles. The molecule has 1 saturated heterocycles. The number of carbonyl (C=O) groups excluding carboxylic acids is 1. The summed E-state index contributed by atoms with van der Waals surface area (Å²) in [6.45, 7) is 1.66. The van der Waals surface area contributed by atoms with E-state index in [9.17, 15) is 4.79 Å². The Morgan fingerprint density at radius 2 is 2.15 bits per heavy atom. The quantitative estimate of drug-likeness (QED) is 0.907. The summed E-state index contributed by atoms with van der Waals surface area (Å²) in [5.74, 6) is 1.92. The van der Waals surface area contributed by atoms with Crippen LogP contribution in [0.1, 0.15) is 23.2 Å². The van der Waals surface area contributed by atoms with Crippen LogP contribution in [-0.2, 0) is 0 Å². The summed E-state index contributed by atoms with van der Waals surface area (Å²) in [6.07, 6.45) is 2.27. The molecule has 3 rings (SSSR count). The minimum atomic E-state index is 0. The van der Waals surface area contributed by atoms with Gasteiger partial charge in [-0.25, -0.2) is 0 Å². The Morgan fingerprint density at radius 1 is 1.35 bits per heavy atom. The summed E-state index contributed by atoms with van der Waals surface area (Å²) in [5.41, 5.74) is 6.81. The average Bonchev–Trinajstić information content (AvgIpc) is 3.01. The number of carbonyl (C=O) groups is 1. The molecule has 1 saturated carbocycles. The third-order valence-electron chi connectivity index (χ3n) is 4.52. The van der Waals surface area contributed by atoms with Gasteiger partial charge in [0.15, 0.2) is 0 Å². The molecule has 110 valence electrons. The predicted octanol–water partition coefficient (Wildman–Crippen LogP) is 1.93. The molecular formula is C15H21ClN2O2. The number of nitrogens with two attached hydrogens (primary N) is 1. The van der Waals surface area contributed by atoms with Gasteiger partial charge in [-0.15, -0.1) is 12.4 Å². The van der Waals surface area contributed by atoms with Crippen LogP contribution < -0.4 is 10.5 Å². The van der Waals surface area contributed by atoms with Crippen LogP contribution in [-0.4, -0.2) is 37.0 Å². The highest BCUT2D eigenvalue weighted by molar-refractivity contribution is 5.94. The van der Waals surface area contributed by atoms with Crippen molar-refractivity contribution in [2.24, 2.45) is 17.6 Å². The number of benzene rings is 1. The zero-order valence-electron chi connectivity index (χ0n) is 11.6. The molecule has 1 aromatic rings. The number of hydrogen-bond donors (Lipinski definition) is 1. The molecule has 0 radical (unpaired) electrons. The lowest BCUT2D eigenvalue weighted by Crippen LogP contribution is -2.33. The van der Waals surface area contributed by atoms with E-state index in [4.69, 9.17) is 10.5 Å². The molecule has 0 spiro atoms. The second-order valence-electron chi connectivity index (χ2n) is 5.61. The minimum Gasteiger partial charge on any atom is -0.497 e. The van der Waals surface area contributed by atoms with E-state index in [1.165, 1.54) is 0 Å². The van der Waals surface area contributed by atoms with E-state index in [0.717, 1.165) is 31.7 Å². The number of ether oxygens (including phenoxy) is 1. The number of likely N-dealkylation sites (tertiary alicyclic amines) is 1. The maximum Gasteiger partial charge on any atom is 0.254 e. The van der Waals surface area contributed by atoms with E-state index >= 15 is 0 Å². The van der Waals surface area contributed by atoms with Crippen molar-refractivity contribution < 1.29 is 9.53 Å². The monoisotopic (exact) mass is 296 g/mol. The van der Waals surface area contributed by atoms with Crippen molar-refractivity contribution in [1.29, 1.82) is 0 Å². The molecule has 1 amide bonds. The van der Waals surface area contributed by atoms with Crippen LogP contribution >= 0.6 is 12.4 Å². The molecule has 2 N–H and O–H groups in total. The summed E-state index contributed by atoms with van der Waals surface area (Å²) in [6, 6.07) is 7.63. The van der Waals surface area contributed by atoms with Gasteiger partial charge in [0.1, 0.15) is 5.75 Å². The third-order valence-corrected chi connectivity index (χ3v) is 4.52. The average molecular weight is 297 g/mol. The number of hydrogen-bond acceptors (Lipinski definition) is 3. The van der Waals surface area contributed by atoms with E-state index in [2.05, 4.69) is 0 Å². The summed E-state index contributed by atoms with van der Waals surface area (Å²) in [4.78, 5) is 14.4. The Kier molecular flexibility index (Phi) is 4.55. The maximum atomic E-state index is 12.5. The zero-order chi connectivity index (χ0) is 13.4. The third kappa shape index (κ3) is 2.63. The van der Waals surface area contributed by atoms with E-state index in [1.807, 2.05) is 23.1 Å². The molecule has 3 atom stereocenters. The first-order chi connectivity index (χ1) is 9.19. The van der Waals surface area contributed by atoms with Gasteiger partial charge in [0.2, 0.25) is 0 Å². The number of rotatable bonds is 2. The minimum absolute atomic E-state index is 0. The predicted molar refractivity (Wildman–Crippen MR) is 80.3 cm³/mol. The molecule has 0 bridgehead atoms. The molecule has 4 nitrogen and oxygen atoms in total. The number of methoxy groups -OCH3 is 1. The van der Waals surface area contributed by atoms with Gasteiger partial charge in [0.05, 0.1) is 7.11 Å². The molecule has 5 heteroatoms. The number of halogens is 1. The summed E-state index contributed by atoms with van der Waals surface area (Å²) >= 11 is 0. The molecule has 3 unspecified atom stereocenters. The van der Waals surface area contributed by atoms with Gasteiger partial charge in [-0.05, 0) is 42.9 Å². The summed E-state index contributed by atoms with van der Waals surface area (Å²) < 4.78 is 5.17. The van der Waals surface area contributed by atoms with E-state index in [-0.39, 0.29) is 24.4 Å². The van der Waals surface area contributed by atoms with Crippen molar-refractivity contribution in [3.63, 3.8) is 0 Å². The van der Waals surface area contributed by atoms with Crippen molar-refractivity contribution in [1.82, 2.24) is 4.90 Å². The van der Waals surface area contributed by atoms with Crippen molar-refractivity contribution in [3.8, 4) is 5.75 Å². The van der Waals surface area contributed by atoms with Crippen LogP contribution in [0.2, 0.25) is 0 Å². The zero-order valence-corrected chi connectivity index (χ0v) is 12.4. The fourth-order valence-corrected chi connectivity index (χ4v) is 3.41. The number of nitrogens with zero attached hydrogens (tertiary/aromatic N) is 1. The molecule has 2 aliphatic rings. The van der Waals surface area contributed by atoms with E-state index in [1.54, 1.807) is 13.2 Å². The molecule has 1 heterocycles. The molecular weight excluding hydrogens is 276 g/mol. The molecule has 1 aromatic carbocycles. The lowest BCUT2D eigenvalue weighted by atomic mass is 9.98. The second-order valence-corrected chi connectivity index (χ2v) is 5.61. The van der Waals surface area contributed by atoms with Crippen LogP contribution in [0.3, 0.4) is 0 Å². The Labute approximate surface area is 125 Å². The second kappa shape index (κ2) is 6.02. The smallest absolute Gasteiger partial charge is 0.254 e. The van der Waals surface area contributed by atoms with Gasteiger partial charge >= 0.3 is 0 Å². The Bertz CT molecular complexity index is 495. The lowest BCUT2D eigenvalue weighted by Gasteiger charge is -2.19. The van der Waals surface area contributed by atoms with Gasteiger partial charge in [0, 0.05) is 24.7 Å². The lowest BCUT2D eigenvalue weighted by molar-refractivity contribution is 0.0779. The highest BCUT2D eigenvalue weighted by atomic mass is 35.5. The Morgan fingerprint density at radius 3 is 2.85 bits per heavy atom. The van der Waals surface area contributed by atoms with Crippen molar-refractivity contribution in [2.75, 3.05) is 20.2 Å². The topological polar surface area (TPSA) is 55.6 Å². The van der Waals surface area contributed by atoms with E-state index < -0.39 is 0 Å². The van der Waals surface area contributed by atoms with Gasteiger partial charge in [-0.2, -0.15) is 0 Å². The molecule has 20 heavy (non-hydrogen) atoms. The molecule has 0 aromatic heterocycles. The Balaban J connectivity index is 0.00000147. The number of amides is 1. The largest absolute Gasteiger partial charge is 0.497 e. The maximum absolute atomic E-state index is 12.5. The first-order valence-corrected chi connectivity index (χ1v) is 6.88. The van der Waals surface area contributed by atoms with Crippen LogP contribution in [0.25, 0.3) is 0 Å². The highest BCUT2D eigenvalue weighted by Crippen LogP contribution is 2.37. The fraction of sp³-hybridized carbons (Fsp3) is 0.533. The standard InChI is InChI=1S/C15H20N2O2.ClH/c1-19-12-4-2-3-10(7-12)15(18)17-8-11-5-6-14(16)13(11)9-17;/h2-4,7,11,13-14H,5-6,8-9,16H2,1H3;1H. The van der Waals surface area contributed by atoms with Crippen LogP contribution in [0.15, 0.2) is 24.3 Å². The van der Waals surface area contributed by atoms with Crippen molar-refractivity contribution in [3.05, 3.63) is 29.8 Å². The highest BCUT2D eigenvalue weighted by Gasteiger charge is 2.42. The van der Waals surface area contributed by atoms with Gasteiger partial charge in [0.25, 0.3) is 5.91 Å². The van der Waals surface area contributed by atoms with Crippen molar-refractivity contribution >= 4 is 18.3 Å². The fourth-order valence-electron chi connectivity index (χ4n) is 3.41. The normalized spacial score (nSPS) is 27.9. The Hall–Kier alpha value is -1.26. The molecule has 1 aliphatic carbocycles. The van der Waals surface area contributed by atoms with E-state index in [0.29, 0.717) is 17.4 Å². The van der Waals surface area contributed by atoms with Crippen LogP contribution in [0.4, 0.5) is 0 Å². The first kappa shape index (κ1) is 15.1. The first-order valence-electron chi connectivity index (χ1n) is 6.88.